The van der Waals surface area contributed by atoms with Crippen LogP contribution in [0.1, 0.15) is 26.5 Å². The number of hydrogen-bond donors (Lipinski definition) is 1. The fourth-order valence-electron chi connectivity index (χ4n) is 2.53. The number of aryl methyl sites for hydroxylation is 1. The van der Waals surface area contributed by atoms with Crippen LogP contribution in [0.15, 0.2) is 17.2 Å². The van der Waals surface area contributed by atoms with Crippen LogP contribution < -0.4 is 5.32 Å². The lowest BCUT2D eigenvalue weighted by Crippen LogP contribution is -2.47. The Balaban J connectivity index is 2.27. The Bertz CT molecular complexity index is 583. The molecular formula is C14H25N3O2S2. The van der Waals surface area contributed by atoms with Crippen LogP contribution in [0, 0.1) is 0 Å². The molecule has 1 aromatic rings. The first kappa shape index (κ1) is 16.9. The summed E-state index contributed by atoms with van der Waals surface area (Å²) in [6.45, 7) is 8.27. The van der Waals surface area contributed by atoms with E-state index in [-0.39, 0.29) is 6.04 Å². The Morgan fingerprint density at radius 3 is 2.81 bits per heavy atom. The zero-order chi connectivity index (χ0) is 15.6. The average Bonchev–Trinajstić information content (AvgIpc) is 2.81. The largest absolute Gasteiger partial charge is 0.352 e. The van der Waals surface area contributed by atoms with Crippen molar-refractivity contribution < 1.29 is 8.42 Å². The monoisotopic (exact) mass is 331 g/mol. The third-order valence-corrected chi connectivity index (χ3v) is 7.36. The molecule has 1 aromatic heterocycles. The Morgan fingerprint density at radius 2 is 2.14 bits per heavy atom. The third kappa shape index (κ3) is 3.47. The van der Waals surface area contributed by atoms with Gasteiger partial charge in [0.15, 0.2) is 0 Å². The number of rotatable bonds is 5. The molecule has 5 nitrogen and oxygen atoms in total. The Labute approximate surface area is 132 Å². The van der Waals surface area contributed by atoms with Crippen molar-refractivity contribution in [3.63, 3.8) is 0 Å². The Kier molecular flexibility index (Phi) is 5.40. The van der Waals surface area contributed by atoms with E-state index in [2.05, 4.69) is 12.2 Å². The van der Waals surface area contributed by atoms with E-state index in [9.17, 15) is 8.42 Å². The van der Waals surface area contributed by atoms with E-state index >= 15 is 0 Å². The number of hydrogen-bond acceptors (Lipinski definition) is 4. The van der Waals surface area contributed by atoms with E-state index in [4.69, 9.17) is 0 Å². The van der Waals surface area contributed by atoms with Gasteiger partial charge in [0.25, 0.3) is 0 Å². The highest BCUT2D eigenvalue weighted by Crippen LogP contribution is 2.29. The van der Waals surface area contributed by atoms with E-state index in [0.29, 0.717) is 23.2 Å². The standard InChI is InChI=1S/C14H25N3O2S2/c1-5-15-9-13-8-14(10-16(13)4)21(18,19)17-6-7-20-12(3)11(17)2/h8,10-12,15H,5-7,9H2,1-4H3. The predicted molar refractivity (Wildman–Crippen MR) is 88.1 cm³/mol. The molecule has 7 heteroatoms. The summed E-state index contributed by atoms with van der Waals surface area (Å²) < 4.78 is 29.3. The summed E-state index contributed by atoms with van der Waals surface area (Å²) in [5.41, 5.74) is 0.988. The second-order valence-corrected chi connectivity index (χ2v) is 8.87. The van der Waals surface area contributed by atoms with Gasteiger partial charge < -0.3 is 9.88 Å². The molecule has 2 heterocycles. The van der Waals surface area contributed by atoms with Gasteiger partial charge in [-0.3, -0.25) is 0 Å². The first-order valence-corrected chi connectivity index (χ1v) is 9.86. The molecule has 1 aliphatic heterocycles. The van der Waals surface area contributed by atoms with Crippen LogP contribution in [0.5, 0.6) is 0 Å². The van der Waals surface area contributed by atoms with E-state index in [1.807, 2.05) is 37.2 Å². The van der Waals surface area contributed by atoms with Crippen molar-refractivity contribution in [2.45, 2.75) is 43.5 Å². The van der Waals surface area contributed by atoms with E-state index in [1.165, 1.54) is 0 Å². The van der Waals surface area contributed by atoms with E-state index in [0.717, 1.165) is 18.0 Å². The first-order chi connectivity index (χ1) is 9.87. The van der Waals surface area contributed by atoms with Crippen molar-refractivity contribution in [3.05, 3.63) is 18.0 Å². The maximum absolute atomic E-state index is 12.9. The second-order valence-electron chi connectivity index (χ2n) is 5.49. The summed E-state index contributed by atoms with van der Waals surface area (Å²) in [5.74, 6) is 0.863. The SMILES string of the molecule is CCNCc1cc(S(=O)(=O)N2CCSC(C)C2C)cn1C. The lowest BCUT2D eigenvalue weighted by molar-refractivity contribution is 0.340. The molecule has 0 amide bonds. The van der Waals surface area contributed by atoms with Gasteiger partial charge in [-0.05, 0) is 19.5 Å². The summed E-state index contributed by atoms with van der Waals surface area (Å²) in [6.07, 6.45) is 1.72. The molecular weight excluding hydrogens is 306 g/mol. The van der Waals surface area contributed by atoms with Gasteiger partial charge in [0.1, 0.15) is 4.90 Å². The highest BCUT2D eigenvalue weighted by Gasteiger charge is 2.35. The smallest absolute Gasteiger partial charge is 0.244 e. The third-order valence-electron chi connectivity index (χ3n) is 4.07. The average molecular weight is 332 g/mol. The van der Waals surface area contributed by atoms with Crippen molar-refractivity contribution >= 4 is 21.8 Å². The lowest BCUT2D eigenvalue weighted by Gasteiger charge is -2.36. The highest BCUT2D eigenvalue weighted by molar-refractivity contribution is 8.00. The molecule has 0 aromatic carbocycles. The summed E-state index contributed by atoms with van der Waals surface area (Å²) in [7, 11) is -1.51. The summed E-state index contributed by atoms with van der Waals surface area (Å²) >= 11 is 1.84. The summed E-state index contributed by atoms with van der Waals surface area (Å²) in [6, 6.07) is 1.82. The van der Waals surface area contributed by atoms with Crippen LogP contribution in [0.4, 0.5) is 0 Å². The maximum atomic E-state index is 12.9. The molecule has 0 radical (unpaired) electrons. The van der Waals surface area contributed by atoms with E-state index in [1.54, 1.807) is 16.6 Å². The summed E-state index contributed by atoms with van der Waals surface area (Å²) in [5, 5.41) is 3.56. The first-order valence-electron chi connectivity index (χ1n) is 7.37. The van der Waals surface area contributed by atoms with Gasteiger partial charge in [0.2, 0.25) is 10.0 Å². The molecule has 0 spiro atoms. The van der Waals surface area contributed by atoms with Crippen LogP contribution in [-0.2, 0) is 23.6 Å². The van der Waals surface area contributed by atoms with Gasteiger partial charge in [-0.1, -0.05) is 13.8 Å². The molecule has 1 aliphatic rings. The van der Waals surface area contributed by atoms with Crippen LogP contribution >= 0.6 is 11.8 Å². The van der Waals surface area contributed by atoms with Crippen LogP contribution in [0.2, 0.25) is 0 Å². The number of nitrogens with zero attached hydrogens (tertiary/aromatic N) is 2. The molecule has 1 fully saturated rings. The molecule has 2 unspecified atom stereocenters. The van der Waals surface area contributed by atoms with Crippen molar-refractivity contribution in [3.8, 4) is 0 Å². The minimum atomic E-state index is -3.40. The Hall–Kier alpha value is -0.500. The number of aromatic nitrogens is 1. The molecule has 2 atom stereocenters. The van der Waals surface area contributed by atoms with Crippen molar-refractivity contribution in [2.24, 2.45) is 7.05 Å². The molecule has 1 N–H and O–H groups in total. The van der Waals surface area contributed by atoms with Gasteiger partial charge in [-0.2, -0.15) is 16.1 Å². The molecule has 21 heavy (non-hydrogen) atoms. The van der Waals surface area contributed by atoms with Gasteiger partial charge in [0.05, 0.1) is 0 Å². The van der Waals surface area contributed by atoms with Gasteiger partial charge in [-0.15, -0.1) is 0 Å². The van der Waals surface area contributed by atoms with Crippen molar-refractivity contribution in [1.82, 2.24) is 14.2 Å². The number of thioether (sulfide) groups is 1. The minimum Gasteiger partial charge on any atom is -0.352 e. The second kappa shape index (κ2) is 6.73. The fraction of sp³-hybridized carbons (Fsp3) is 0.714. The predicted octanol–water partition coefficient (Wildman–Crippen LogP) is 1.65. The van der Waals surface area contributed by atoms with Gasteiger partial charge in [-0.25, -0.2) is 8.42 Å². The van der Waals surface area contributed by atoms with Crippen molar-refractivity contribution in [2.75, 3.05) is 18.8 Å². The van der Waals surface area contributed by atoms with Crippen LogP contribution in [0.25, 0.3) is 0 Å². The maximum Gasteiger partial charge on any atom is 0.244 e. The highest BCUT2D eigenvalue weighted by atomic mass is 32.2. The summed E-state index contributed by atoms with van der Waals surface area (Å²) in [4.78, 5) is 0.406. The Morgan fingerprint density at radius 1 is 1.43 bits per heavy atom. The van der Waals surface area contributed by atoms with Crippen molar-refractivity contribution in [1.29, 1.82) is 0 Å². The zero-order valence-corrected chi connectivity index (χ0v) is 14.8. The molecule has 0 aliphatic carbocycles. The quantitative estimate of drug-likeness (QED) is 0.891. The lowest BCUT2D eigenvalue weighted by atomic mass is 10.2. The minimum absolute atomic E-state index is 0.0335. The van der Waals surface area contributed by atoms with Gasteiger partial charge in [0, 0.05) is 49.1 Å². The molecule has 0 saturated carbocycles. The normalized spacial score (nSPS) is 24.4. The van der Waals surface area contributed by atoms with Crippen LogP contribution in [0.3, 0.4) is 0 Å². The molecule has 2 rings (SSSR count). The molecule has 0 bridgehead atoms. The number of nitrogens with one attached hydrogen (secondary N) is 1. The topological polar surface area (TPSA) is 54.3 Å². The van der Waals surface area contributed by atoms with Gasteiger partial charge >= 0.3 is 0 Å². The van der Waals surface area contributed by atoms with Crippen LogP contribution in [-0.4, -0.2) is 47.4 Å². The fourth-order valence-corrected chi connectivity index (χ4v) is 5.62. The molecule has 120 valence electrons. The number of sulfonamides is 1. The van der Waals surface area contributed by atoms with E-state index < -0.39 is 10.0 Å². The zero-order valence-electron chi connectivity index (χ0n) is 13.2. The molecule has 1 saturated heterocycles.